The molecule has 7 heteroatoms. The molecule has 0 saturated carbocycles. The summed E-state index contributed by atoms with van der Waals surface area (Å²) in [7, 11) is 0. The lowest BCUT2D eigenvalue weighted by molar-refractivity contribution is -0.303. The summed E-state index contributed by atoms with van der Waals surface area (Å²) in [5.74, 6) is -1.83. The number of benzene rings is 1. The van der Waals surface area contributed by atoms with Gasteiger partial charge in [-0.05, 0) is 23.9 Å². The van der Waals surface area contributed by atoms with Gasteiger partial charge in [0.15, 0.2) is 5.37 Å². The van der Waals surface area contributed by atoms with Gasteiger partial charge in [-0.3, -0.25) is 14.9 Å². The van der Waals surface area contributed by atoms with Crippen LogP contribution < -0.4 is 15.3 Å². The third-order valence-electron chi connectivity index (χ3n) is 2.34. The van der Waals surface area contributed by atoms with Crippen LogP contribution >= 0.6 is 11.8 Å². The lowest BCUT2D eigenvalue weighted by atomic mass is 10.3. The lowest BCUT2D eigenvalue weighted by Gasteiger charge is -2.28. The Morgan fingerprint density at radius 3 is 2.50 bits per heavy atom. The van der Waals surface area contributed by atoms with Crippen LogP contribution in [0.15, 0.2) is 30.3 Å². The normalized spacial score (nSPS) is 18.6. The second kappa shape index (κ2) is 5.09. The number of hydrogen-bond donors (Lipinski definition) is 1. The van der Waals surface area contributed by atoms with Crippen LogP contribution in [-0.2, 0) is 9.59 Å². The summed E-state index contributed by atoms with van der Waals surface area (Å²) in [6.45, 7) is -0.456. The molecule has 18 heavy (non-hydrogen) atoms. The van der Waals surface area contributed by atoms with Crippen molar-refractivity contribution in [2.45, 2.75) is 5.37 Å². The molecule has 94 valence electrons. The van der Waals surface area contributed by atoms with Crippen LogP contribution in [0, 0.1) is 0 Å². The molecule has 1 heterocycles. The van der Waals surface area contributed by atoms with Gasteiger partial charge < -0.3 is 14.8 Å². The highest BCUT2D eigenvalue weighted by Gasteiger charge is 2.36. The van der Waals surface area contributed by atoms with Crippen LogP contribution in [0.3, 0.4) is 0 Å². The summed E-state index contributed by atoms with van der Waals surface area (Å²) in [5.41, 5.74) is 0.545. The second-order valence-electron chi connectivity index (χ2n) is 3.58. The van der Waals surface area contributed by atoms with E-state index in [9.17, 15) is 19.5 Å². The van der Waals surface area contributed by atoms with E-state index in [1.165, 1.54) is 4.90 Å². The Balaban J connectivity index is 2.28. The number of carbonyl (C=O) groups excluding carboxylic acids is 3. The molecule has 1 saturated heterocycles. The standard InChI is InChI=1S/C11H10N2O4S/c14-8(15)6-13(7-4-2-1-3-5-7)10-9(16)12-11(17)18-10/h1-5,10H,6H2,(H,14,15)(H,12,16,17)/p-1/t10-/m0/s1. The van der Waals surface area contributed by atoms with E-state index in [0.29, 0.717) is 5.69 Å². The first-order chi connectivity index (χ1) is 8.58. The molecule has 1 aliphatic rings. The fourth-order valence-electron chi connectivity index (χ4n) is 1.62. The number of nitrogens with zero attached hydrogens (tertiary/aromatic N) is 1. The maximum Gasteiger partial charge on any atom is 0.288 e. The number of rotatable bonds is 4. The zero-order valence-corrected chi connectivity index (χ0v) is 9.98. The topological polar surface area (TPSA) is 89.5 Å². The maximum atomic E-state index is 11.6. The van der Waals surface area contributed by atoms with Gasteiger partial charge in [0.05, 0.1) is 12.5 Å². The maximum absolute atomic E-state index is 11.6. The Bertz CT molecular complexity index is 491. The number of carboxylic acid groups (broad SMARTS) is 1. The fraction of sp³-hybridized carbons (Fsp3) is 0.182. The van der Waals surface area contributed by atoms with E-state index in [-0.39, 0.29) is 0 Å². The summed E-state index contributed by atoms with van der Waals surface area (Å²) in [6, 6.07) is 8.54. The molecule has 0 aliphatic carbocycles. The number of carboxylic acids is 1. The van der Waals surface area contributed by atoms with Crippen molar-refractivity contribution in [2.24, 2.45) is 0 Å². The molecule has 2 rings (SSSR count). The molecule has 1 fully saturated rings. The van der Waals surface area contributed by atoms with E-state index in [1.807, 2.05) is 0 Å². The predicted molar refractivity (Wildman–Crippen MR) is 63.7 cm³/mol. The average molecular weight is 265 g/mol. The highest BCUT2D eigenvalue weighted by atomic mass is 32.2. The smallest absolute Gasteiger partial charge is 0.288 e. The molecule has 1 aliphatic heterocycles. The van der Waals surface area contributed by atoms with Crippen LogP contribution in [0.1, 0.15) is 0 Å². The van der Waals surface area contributed by atoms with Gasteiger partial charge in [0.2, 0.25) is 0 Å². The Kier molecular flexibility index (Phi) is 3.52. The van der Waals surface area contributed by atoms with Gasteiger partial charge in [-0.1, -0.05) is 18.2 Å². The summed E-state index contributed by atoms with van der Waals surface area (Å²) in [5, 5.41) is 11.5. The largest absolute Gasteiger partial charge is 0.548 e. The van der Waals surface area contributed by atoms with Gasteiger partial charge in [-0.25, -0.2) is 0 Å². The quantitative estimate of drug-likeness (QED) is 0.793. The van der Waals surface area contributed by atoms with Crippen molar-refractivity contribution >= 4 is 34.6 Å². The number of amides is 2. The molecular weight excluding hydrogens is 256 g/mol. The highest BCUT2D eigenvalue weighted by molar-refractivity contribution is 8.15. The predicted octanol–water partition coefficient (Wildman–Crippen LogP) is -0.448. The van der Waals surface area contributed by atoms with Gasteiger partial charge in [0.1, 0.15) is 0 Å². The van der Waals surface area contributed by atoms with Crippen molar-refractivity contribution in [1.29, 1.82) is 0 Å². The molecule has 1 N–H and O–H groups in total. The number of hydrogen-bond acceptors (Lipinski definition) is 6. The third kappa shape index (κ3) is 2.62. The third-order valence-corrected chi connectivity index (χ3v) is 3.35. The van der Waals surface area contributed by atoms with Crippen molar-refractivity contribution < 1.29 is 19.5 Å². The first-order valence-corrected chi connectivity index (χ1v) is 5.99. The van der Waals surface area contributed by atoms with Gasteiger partial charge in [0.25, 0.3) is 11.1 Å². The molecule has 1 aromatic carbocycles. The Labute approximate surface area is 107 Å². The molecule has 1 atom stereocenters. The van der Waals surface area contributed by atoms with Crippen LogP contribution in [0.4, 0.5) is 10.5 Å². The minimum atomic E-state index is -1.31. The van der Waals surface area contributed by atoms with Gasteiger partial charge >= 0.3 is 0 Å². The van der Waals surface area contributed by atoms with E-state index >= 15 is 0 Å². The van der Waals surface area contributed by atoms with Crippen molar-refractivity contribution in [3.63, 3.8) is 0 Å². The Hall–Kier alpha value is -2.02. The van der Waals surface area contributed by atoms with E-state index in [4.69, 9.17) is 0 Å². The minimum Gasteiger partial charge on any atom is -0.548 e. The Morgan fingerprint density at radius 1 is 1.33 bits per heavy atom. The van der Waals surface area contributed by atoms with E-state index in [1.54, 1.807) is 30.3 Å². The number of nitrogens with one attached hydrogen (secondary N) is 1. The van der Waals surface area contributed by atoms with Crippen LogP contribution in [-0.4, -0.2) is 29.0 Å². The van der Waals surface area contributed by atoms with Gasteiger partial charge in [-0.2, -0.15) is 0 Å². The van der Waals surface area contributed by atoms with Crippen LogP contribution in [0.5, 0.6) is 0 Å². The summed E-state index contributed by atoms with van der Waals surface area (Å²) < 4.78 is 0. The molecular formula is C11H9N2O4S-. The van der Waals surface area contributed by atoms with Gasteiger partial charge in [0, 0.05) is 5.69 Å². The number of para-hydroxylation sites is 1. The molecule has 0 spiro atoms. The van der Waals surface area contributed by atoms with Crippen molar-refractivity contribution in [3.8, 4) is 0 Å². The number of imide groups is 1. The summed E-state index contributed by atoms with van der Waals surface area (Å²) >= 11 is 0.754. The molecule has 0 bridgehead atoms. The van der Waals surface area contributed by atoms with E-state index in [2.05, 4.69) is 5.32 Å². The Morgan fingerprint density at radius 2 is 2.00 bits per heavy atom. The summed E-state index contributed by atoms with van der Waals surface area (Å²) in [6.07, 6.45) is 0. The molecule has 2 amide bonds. The number of carbonyl (C=O) groups is 3. The monoisotopic (exact) mass is 265 g/mol. The molecule has 1 aromatic rings. The number of anilines is 1. The number of aliphatic carboxylic acids is 1. The van der Waals surface area contributed by atoms with Crippen molar-refractivity contribution in [3.05, 3.63) is 30.3 Å². The number of thioether (sulfide) groups is 1. The molecule has 0 radical (unpaired) electrons. The van der Waals surface area contributed by atoms with Crippen molar-refractivity contribution in [1.82, 2.24) is 5.32 Å². The zero-order chi connectivity index (χ0) is 13.1. The van der Waals surface area contributed by atoms with Crippen molar-refractivity contribution in [2.75, 3.05) is 11.4 Å². The van der Waals surface area contributed by atoms with Crippen LogP contribution in [0.2, 0.25) is 0 Å². The first-order valence-electron chi connectivity index (χ1n) is 5.11. The fourth-order valence-corrected chi connectivity index (χ4v) is 2.47. The second-order valence-corrected chi connectivity index (χ2v) is 4.64. The summed E-state index contributed by atoms with van der Waals surface area (Å²) in [4.78, 5) is 34.8. The lowest BCUT2D eigenvalue weighted by Crippen LogP contribution is -2.46. The van der Waals surface area contributed by atoms with E-state index in [0.717, 1.165) is 11.8 Å². The molecule has 0 unspecified atom stereocenters. The zero-order valence-electron chi connectivity index (χ0n) is 9.16. The average Bonchev–Trinajstić information content (AvgIpc) is 2.66. The highest BCUT2D eigenvalue weighted by Crippen LogP contribution is 2.27. The molecule has 6 nitrogen and oxygen atoms in total. The van der Waals surface area contributed by atoms with Gasteiger partial charge in [-0.15, -0.1) is 0 Å². The molecule has 0 aromatic heterocycles. The first kappa shape index (κ1) is 12.4. The van der Waals surface area contributed by atoms with E-state index < -0.39 is 29.0 Å². The minimum absolute atomic E-state index is 0.456. The van der Waals surface area contributed by atoms with Crippen LogP contribution in [0.25, 0.3) is 0 Å². The SMILES string of the molecule is O=C([O-])CN(c1ccccc1)[C@H]1SC(=O)NC1=O.